The lowest BCUT2D eigenvalue weighted by Crippen LogP contribution is -2.21. The molecule has 3 aromatic rings. The summed E-state index contributed by atoms with van der Waals surface area (Å²) in [5, 5.41) is 3.22. The molecule has 2 aromatic heterocycles. The summed E-state index contributed by atoms with van der Waals surface area (Å²) in [6.45, 7) is 1.35. The zero-order valence-electron chi connectivity index (χ0n) is 14.1. The third kappa shape index (κ3) is 4.09. The minimum Gasteiger partial charge on any atom is -0.497 e. The number of hydrogen-bond donors (Lipinski definition) is 1. The third-order valence-electron chi connectivity index (χ3n) is 3.41. The van der Waals surface area contributed by atoms with Gasteiger partial charge in [-0.25, -0.2) is 9.78 Å². The molecule has 0 saturated heterocycles. The molecule has 7 nitrogen and oxygen atoms in total. The Balaban J connectivity index is 1.59. The van der Waals surface area contributed by atoms with E-state index in [1.54, 1.807) is 43.3 Å². The van der Waals surface area contributed by atoms with Gasteiger partial charge in [0.2, 0.25) is 0 Å². The summed E-state index contributed by atoms with van der Waals surface area (Å²) in [7, 11) is 1.54. The average Bonchev–Trinajstić information content (AvgIpc) is 3.29. The molecule has 8 heteroatoms. The van der Waals surface area contributed by atoms with Crippen molar-refractivity contribution in [2.24, 2.45) is 0 Å². The molecule has 26 heavy (non-hydrogen) atoms. The Kier molecular flexibility index (Phi) is 5.33. The Morgan fingerprint density at radius 1 is 1.27 bits per heavy atom. The topological polar surface area (TPSA) is 90.7 Å². The molecule has 1 aromatic carbocycles. The van der Waals surface area contributed by atoms with Gasteiger partial charge in [0.25, 0.3) is 5.91 Å². The van der Waals surface area contributed by atoms with E-state index in [-0.39, 0.29) is 5.69 Å². The maximum Gasteiger partial charge on any atom is 0.358 e. The van der Waals surface area contributed by atoms with Crippen molar-refractivity contribution in [3.05, 3.63) is 53.2 Å². The van der Waals surface area contributed by atoms with Gasteiger partial charge in [-0.15, -0.1) is 11.3 Å². The number of furan rings is 1. The van der Waals surface area contributed by atoms with Crippen molar-refractivity contribution < 1.29 is 23.5 Å². The molecular formula is C18H16N2O5S. The first kappa shape index (κ1) is 17.7. The molecule has 0 radical (unpaired) electrons. The monoisotopic (exact) mass is 372 g/mol. The quantitative estimate of drug-likeness (QED) is 0.666. The fourth-order valence-corrected chi connectivity index (χ4v) is 3.06. The Morgan fingerprint density at radius 3 is 2.85 bits per heavy atom. The van der Waals surface area contributed by atoms with Crippen LogP contribution < -0.4 is 10.1 Å². The van der Waals surface area contributed by atoms with Crippen LogP contribution in [0.1, 0.15) is 15.4 Å². The van der Waals surface area contributed by atoms with Gasteiger partial charge < -0.3 is 19.2 Å². The Bertz CT molecular complexity index is 918. The lowest BCUT2D eigenvalue weighted by atomic mass is 10.3. The second kappa shape index (κ2) is 7.83. The minimum atomic E-state index is -0.655. The zero-order valence-corrected chi connectivity index (χ0v) is 15.0. The third-order valence-corrected chi connectivity index (χ3v) is 4.40. The number of amides is 1. The number of rotatable bonds is 6. The highest BCUT2D eigenvalue weighted by atomic mass is 32.1. The summed E-state index contributed by atoms with van der Waals surface area (Å²) < 4.78 is 15.4. The van der Waals surface area contributed by atoms with Gasteiger partial charge in [0.05, 0.1) is 13.4 Å². The van der Waals surface area contributed by atoms with Gasteiger partial charge >= 0.3 is 5.97 Å². The molecule has 0 spiro atoms. The van der Waals surface area contributed by atoms with Crippen LogP contribution >= 0.6 is 11.3 Å². The molecule has 0 saturated carbocycles. The number of nitrogens with one attached hydrogen (secondary N) is 1. The number of benzene rings is 1. The maximum absolute atomic E-state index is 12.2. The van der Waals surface area contributed by atoms with Crippen LogP contribution in [-0.4, -0.2) is 30.6 Å². The predicted molar refractivity (Wildman–Crippen MR) is 96.5 cm³/mol. The average molecular weight is 372 g/mol. The molecule has 0 fully saturated rings. The highest BCUT2D eigenvalue weighted by Gasteiger charge is 2.19. The molecular weight excluding hydrogens is 356 g/mol. The lowest BCUT2D eigenvalue weighted by Gasteiger charge is -2.07. The van der Waals surface area contributed by atoms with Gasteiger partial charge in [0.15, 0.2) is 23.1 Å². The SMILES string of the molecule is COc1cccc(NC(=O)COC(=O)c2nc(-c3ccco3)sc2C)c1. The number of aromatic nitrogens is 1. The van der Waals surface area contributed by atoms with E-state index in [4.69, 9.17) is 13.9 Å². The number of nitrogens with zero attached hydrogens (tertiary/aromatic N) is 1. The first-order chi connectivity index (χ1) is 12.6. The van der Waals surface area contributed by atoms with E-state index < -0.39 is 18.5 Å². The van der Waals surface area contributed by atoms with Crippen molar-refractivity contribution in [1.82, 2.24) is 4.98 Å². The van der Waals surface area contributed by atoms with Crippen LogP contribution in [0.3, 0.4) is 0 Å². The molecule has 0 aliphatic heterocycles. The number of carbonyl (C=O) groups excluding carboxylic acids is 2. The van der Waals surface area contributed by atoms with Crippen LogP contribution in [0.15, 0.2) is 47.1 Å². The summed E-state index contributed by atoms with van der Waals surface area (Å²) in [5.74, 6) is 0.0827. The van der Waals surface area contributed by atoms with Gasteiger partial charge in [-0.2, -0.15) is 0 Å². The highest BCUT2D eigenvalue weighted by molar-refractivity contribution is 7.15. The number of hydrogen-bond acceptors (Lipinski definition) is 7. The van der Waals surface area contributed by atoms with Crippen LogP contribution in [0.2, 0.25) is 0 Å². The number of anilines is 1. The number of methoxy groups -OCH3 is 1. The van der Waals surface area contributed by atoms with Crippen molar-refractivity contribution >= 4 is 28.9 Å². The van der Waals surface area contributed by atoms with E-state index in [2.05, 4.69) is 10.3 Å². The number of carbonyl (C=O) groups is 2. The van der Waals surface area contributed by atoms with Crippen LogP contribution in [0.25, 0.3) is 10.8 Å². The van der Waals surface area contributed by atoms with Crippen LogP contribution in [0, 0.1) is 6.92 Å². The Hall–Kier alpha value is -3.13. The normalized spacial score (nSPS) is 10.4. The summed E-state index contributed by atoms with van der Waals surface area (Å²) >= 11 is 1.32. The van der Waals surface area contributed by atoms with Gasteiger partial charge in [0.1, 0.15) is 5.75 Å². The second-order valence-corrected chi connectivity index (χ2v) is 6.46. The maximum atomic E-state index is 12.2. The van der Waals surface area contributed by atoms with E-state index in [1.807, 2.05) is 0 Å². The van der Waals surface area contributed by atoms with Gasteiger partial charge in [-0.1, -0.05) is 6.07 Å². The van der Waals surface area contributed by atoms with E-state index in [0.717, 1.165) is 0 Å². The van der Waals surface area contributed by atoms with Crippen molar-refractivity contribution in [1.29, 1.82) is 0 Å². The summed E-state index contributed by atoms with van der Waals surface area (Å²) in [4.78, 5) is 29.1. The van der Waals surface area contributed by atoms with Crippen LogP contribution in [-0.2, 0) is 9.53 Å². The zero-order chi connectivity index (χ0) is 18.5. The predicted octanol–water partition coefficient (Wildman–Crippen LogP) is 3.52. The number of thiazole rings is 1. The summed E-state index contributed by atoms with van der Waals surface area (Å²) in [6, 6.07) is 10.4. The van der Waals surface area contributed by atoms with Crippen molar-refractivity contribution in [2.45, 2.75) is 6.92 Å². The van der Waals surface area contributed by atoms with Crippen molar-refractivity contribution in [2.75, 3.05) is 19.0 Å². The summed E-state index contributed by atoms with van der Waals surface area (Å²) in [5.41, 5.74) is 0.728. The second-order valence-electron chi connectivity index (χ2n) is 5.26. The van der Waals surface area contributed by atoms with Crippen molar-refractivity contribution in [3.8, 4) is 16.5 Å². The van der Waals surface area contributed by atoms with Crippen LogP contribution in [0.5, 0.6) is 5.75 Å². The standard InChI is InChI=1S/C18H16N2O5S/c1-11-16(20-17(26-11)14-7-4-8-24-14)18(22)25-10-15(21)19-12-5-3-6-13(9-12)23-2/h3-9H,10H2,1-2H3,(H,19,21). The molecule has 1 amide bonds. The number of aryl methyl sites for hydroxylation is 1. The van der Waals surface area contributed by atoms with Crippen LogP contribution in [0.4, 0.5) is 5.69 Å². The van der Waals surface area contributed by atoms with Gasteiger partial charge in [-0.05, 0) is 31.2 Å². The van der Waals surface area contributed by atoms with Crippen molar-refractivity contribution in [3.63, 3.8) is 0 Å². The highest BCUT2D eigenvalue weighted by Crippen LogP contribution is 2.28. The van der Waals surface area contributed by atoms with Gasteiger partial charge in [-0.3, -0.25) is 4.79 Å². The first-order valence-corrected chi connectivity index (χ1v) is 8.51. The Labute approximate surface area is 153 Å². The van der Waals surface area contributed by atoms with E-state index in [9.17, 15) is 9.59 Å². The molecule has 2 heterocycles. The summed E-state index contributed by atoms with van der Waals surface area (Å²) in [6.07, 6.45) is 1.53. The van der Waals surface area contributed by atoms with E-state index in [1.165, 1.54) is 24.7 Å². The molecule has 0 atom stereocenters. The van der Waals surface area contributed by atoms with E-state index in [0.29, 0.717) is 27.1 Å². The molecule has 0 aliphatic carbocycles. The molecule has 3 rings (SSSR count). The lowest BCUT2D eigenvalue weighted by molar-refractivity contribution is -0.119. The van der Waals surface area contributed by atoms with E-state index >= 15 is 0 Å². The molecule has 0 unspecified atom stereocenters. The number of ether oxygens (including phenoxy) is 2. The molecule has 0 bridgehead atoms. The minimum absolute atomic E-state index is 0.176. The number of esters is 1. The molecule has 0 aliphatic rings. The fraction of sp³-hybridized carbons (Fsp3) is 0.167. The molecule has 134 valence electrons. The van der Waals surface area contributed by atoms with Gasteiger partial charge in [0, 0.05) is 16.6 Å². The Morgan fingerprint density at radius 2 is 2.12 bits per heavy atom. The smallest absolute Gasteiger partial charge is 0.358 e. The fourth-order valence-electron chi connectivity index (χ4n) is 2.19. The first-order valence-electron chi connectivity index (χ1n) is 7.69. The molecule has 1 N–H and O–H groups in total. The largest absolute Gasteiger partial charge is 0.497 e.